The van der Waals surface area contributed by atoms with Gasteiger partial charge in [0.25, 0.3) is 5.69 Å². The third-order valence-electron chi connectivity index (χ3n) is 19.5. The van der Waals surface area contributed by atoms with E-state index in [4.69, 9.17) is 47.4 Å². The highest BCUT2D eigenvalue weighted by Gasteiger charge is 2.73. The number of methoxy groups -OCH3 is 2. The Balaban J connectivity index is 0.000000155. The van der Waals surface area contributed by atoms with Crippen molar-refractivity contribution in [2.75, 3.05) is 80.0 Å². The van der Waals surface area contributed by atoms with E-state index in [0.29, 0.717) is 36.2 Å². The number of piperidine rings is 2. The van der Waals surface area contributed by atoms with Crippen molar-refractivity contribution < 1.29 is 61.9 Å². The van der Waals surface area contributed by atoms with Crippen molar-refractivity contribution in [1.29, 1.82) is 0 Å². The number of hydrogen-bond acceptors (Lipinski definition) is 15. The van der Waals surface area contributed by atoms with Crippen LogP contribution >= 0.6 is 0 Å². The number of allylic oxidation sites excluding steroid dienone is 2. The van der Waals surface area contributed by atoms with Gasteiger partial charge in [0, 0.05) is 78.2 Å². The largest absolute Gasteiger partial charge is 0.514 e. The van der Waals surface area contributed by atoms with Gasteiger partial charge in [-0.3, -0.25) is 14.9 Å². The number of amides is 1. The minimum Gasteiger partial charge on any atom is -0.428 e. The van der Waals surface area contributed by atoms with Crippen LogP contribution in [0.25, 0.3) is 0 Å². The van der Waals surface area contributed by atoms with Gasteiger partial charge in [-0.15, -0.1) is 0 Å². The van der Waals surface area contributed by atoms with E-state index in [1.165, 1.54) is 74.2 Å². The Morgan fingerprint density at radius 3 is 1.67 bits per heavy atom. The number of nitro benzene ring substituents is 1. The molecule has 10 fully saturated rings. The second-order valence-electron chi connectivity index (χ2n) is 24.8. The molecule has 8 saturated heterocycles. The van der Waals surface area contributed by atoms with Gasteiger partial charge in [0.15, 0.2) is 0 Å². The molecule has 2 saturated carbocycles. The number of hydrogen-bond donors (Lipinski definition) is 1. The van der Waals surface area contributed by atoms with Crippen molar-refractivity contribution in [2.24, 2.45) is 28.6 Å². The van der Waals surface area contributed by atoms with Crippen molar-refractivity contribution in [3.63, 3.8) is 0 Å². The second-order valence-corrected chi connectivity index (χ2v) is 24.8. The molecule has 8 heterocycles. The maximum absolute atomic E-state index is 13.4. The SMILES string of the molecule is C1CC2(CCN1)CCOCC2.CO[C@@H]1C(CC(=O)N2CCC3(CCOCC3)CC2)CC[C@]2(CO2)[C@H]1[C@@]1(C)O[C@@H]1CC=C(C)C.CO[C@@H]1[C@H](OC(=O)Oc2ccc([N+](=O)[O-])cc2)CC[C@]2(CO2)[C@H]1[C@@]1(C)O[C@@H]1CC=C(C)C. The number of benzene rings is 1. The van der Waals surface area contributed by atoms with Crippen molar-refractivity contribution in [3.8, 4) is 5.75 Å². The Hall–Kier alpha value is -3.52. The first-order valence-electron chi connectivity index (χ1n) is 28.6. The lowest BCUT2D eigenvalue weighted by Gasteiger charge is -2.46. The third kappa shape index (κ3) is 12.9. The van der Waals surface area contributed by atoms with Crippen molar-refractivity contribution in [2.45, 2.75) is 191 Å². The third-order valence-corrected chi connectivity index (χ3v) is 19.5. The fourth-order valence-electron chi connectivity index (χ4n) is 14.4. The van der Waals surface area contributed by atoms with Crippen LogP contribution in [0.15, 0.2) is 47.6 Å². The molecule has 1 aromatic rings. The highest BCUT2D eigenvalue weighted by molar-refractivity contribution is 5.76. The van der Waals surface area contributed by atoms with E-state index in [1.54, 1.807) is 7.11 Å². The van der Waals surface area contributed by atoms with Crippen molar-refractivity contribution in [1.82, 2.24) is 10.2 Å². The summed E-state index contributed by atoms with van der Waals surface area (Å²) in [6, 6.07) is 5.25. The number of carbonyl (C=O) groups excluding carboxylic acids is 2. The average molecular weight is 1060 g/mol. The summed E-state index contributed by atoms with van der Waals surface area (Å²) >= 11 is 0. The first-order valence-corrected chi connectivity index (χ1v) is 28.6. The normalized spacial score (nSPS) is 37.3. The van der Waals surface area contributed by atoms with Gasteiger partial charge in [-0.1, -0.05) is 23.3 Å². The molecule has 0 bridgehead atoms. The standard InChI is InChI=1S/C27H43NO5.C23H29NO8.C9H17NO/c1-19(2)5-6-21-25(3,33-21)24-23(30-4)20(7-8-27(24)18-32-27)17-22(29)28-13-9-26(10-14-28)11-15-31-16-12-26;1-14(2)5-10-18-22(3,32-18)20-19(28-4)17(11-12-23(20)13-29-23)31-21(25)30-16-8-6-15(7-9-16)24(26)27;1-5-10-6-2-9(1)3-7-11-8-4-9/h5,20-21,23-24H,6-18H2,1-4H3;5-9,17-20H,10-13H2,1-4H3;10H,1-8H2/t20?,21-,23-,24-,25+,27+;17-,18-,19-,20-,22+,23+;/m11./s1. The van der Waals surface area contributed by atoms with E-state index in [1.807, 2.05) is 7.11 Å². The average Bonchev–Trinajstić information content (AvgIpc) is 4.38. The van der Waals surface area contributed by atoms with E-state index >= 15 is 0 Å². The molecule has 76 heavy (non-hydrogen) atoms. The van der Waals surface area contributed by atoms with Gasteiger partial charge in [-0.25, -0.2) is 4.79 Å². The van der Waals surface area contributed by atoms with E-state index in [9.17, 15) is 19.7 Å². The smallest absolute Gasteiger partial charge is 0.428 e. The molecule has 2 aliphatic carbocycles. The summed E-state index contributed by atoms with van der Waals surface area (Å²) in [5.74, 6) is 0.804. The summed E-state index contributed by atoms with van der Waals surface area (Å²) in [5, 5.41) is 14.2. The van der Waals surface area contributed by atoms with Crippen LogP contribution in [0.4, 0.5) is 10.5 Å². The molecule has 1 amide bonds. The molecule has 1 N–H and O–H groups in total. The summed E-state index contributed by atoms with van der Waals surface area (Å²) < 4.78 is 58.3. The minimum absolute atomic E-state index is 0.00136. The zero-order valence-electron chi connectivity index (χ0n) is 46.9. The lowest BCUT2D eigenvalue weighted by molar-refractivity contribution is -0.384. The Kier molecular flexibility index (Phi) is 17.8. The molecule has 0 aromatic heterocycles. The summed E-state index contributed by atoms with van der Waals surface area (Å²) in [4.78, 5) is 38.2. The minimum atomic E-state index is -0.875. The molecule has 1 aromatic carbocycles. The Labute approximate surface area is 451 Å². The van der Waals surface area contributed by atoms with Crippen LogP contribution in [-0.4, -0.2) is 155 Å². The molecule has 4 spiro atoms. The van der Waals surface area contributed by atoms with Gasteiger partial charge in [0.1, 0.15) is 34.8 Å². The Bertz CT molecular complexity index is 2190. The van der Waals surface area contributed by atoms with Crippen LogP contribution in [0, 0.1) is 38.7 Å². The molecule has 12 atom stereocenters. The summed E-state index contributed by atoms with van der Waals surface area (Å²) in [5.41, 5.74) is 2.48. The van der Waals surface area contributed by atoms with Gasteiger partial charge in [-0.05, 0) is 173 Å². The molecular weight excluding hydrogens is 975 g/mol. The topological polar surface area (TPSA) is 198 Å². The predicted octanol–water partition coefficient (Wildman–Crippen LogP) is 9.47. The number of likely N-dealkylation sites (tertiary alicyclic amines) is 1. The quantitative estimate of drug-likeness (QED) is 0.0489. The number of ether oxygens (including phenoxy) is 10. The zero-order valence-corrected chi connectivity index (χ0v) is 46.9. The highest BCUT2D eigenvalue weighted by atomic mass is 16.7. The molecule has 1 unspecified atom stereocenters. The van der Waals surface area contributed by atoms with Crippen LogP contribution in [0.2, 0.25) is 0 Å². The van der Waals surface area contributed by atoms with E-state index < -0.39 is 28.9 Å². The molecule has 11 rings (SSSR count). The molecular formula is C59H89N3O14. The highest BCUT2D eigenvalue weighted by Crippen LogP contribution is 2.62. The summed E-state index contributed by atoms with van der Waals surface area (Å²) in [6.07, 6.45) is 18.4. The monoisotopic (exact) mass is 1060 g/mol. The van der Waals surface area contributed by atoms with Crippen LogP contribution in [0.5, 0.6) is 5.75 Å². The van der Waals surface area contributed by atoms with Crippen LogP contribution < -0.4 is 10.1 Å². The van der Waals surface area contributed by atoms with E-state index in [0.717, 1.165) is 104 Å². The molecule has 10 aliphatic rings. The fraction of sp³-hybridized carbons (Fsp3) is 0.797. The first-order chi connectivity index (χ1) is 36.4. The van der Waals surface area contributed by atoms with Crippen molar-refractivity contribution in [3.05, 3.63) is 57.7 Å². The van der Waals surface area contributed by atoms with Gasteiger partial charge in [0.05, 0.1) is 48.0 Å². The maximum Gasteiger partial charge on any atom is 0.514 e. The lowest BCUT2D eigenvalue weighted by Crippen LogP contribution is -2.55. The van der Waals surface area contributed by atoms with Crippen LogP contribution in [-0.2, 0) is 47.4 Å². The number of nitrogens with zero attached hydrogens (tertiary/aromatic N) is 2. The van der Waals surface area contributed by atoms with Crippen molar-refractivity contribution >= 4 is 17.7 Å². The zero-order chi connectivity index (χ0) is 53.9. The second kappa shape index (κ2) is 23.7. The maximum atomic E-state index is 13.4. The number of nitro groups is 1. The van der Waals surface area contributed by atoms with Crippen LogP contribution in [0.1, 0.15) is 138 Å². The number of non-ortho nitro benzene ring substituents is 1. The first kappa shape index (κ1) is 57.2. The van der Waals surface area contributed by atoms with E-state index in [2.05, 4.69) is 63.9 Å². The Morgan fingerprint density at radius 1 is 0.711 bits per heavy atom. The van der Waals surface area contributed by atoms with Crippen LogP contribution in [0.3, 0.4) is 0 Å². The molecule has 17 nitrogen and oxygen atoms in total. The fourth-order valence-corrected chi connectivity index (χ4v) is 14.4. The van der Waals surface area contributed by atoms with Gasteiger partial charge >= 0.3 is 6.16 Å². The van der Waals surface area contributed by atoms with Gasteiger partial charge in [0.2, 0.25) is 5.91 Å². The predicted molar refractivity (Wildman–Crippen MR) is 284 cm³/mol. The lowest BCUT2D eigenvalue weighted by atomic mass is 9.64. The summed E-state index contributed by atoms with van der Waals surface area (Å²) in [6.45, 7) is 22.1. The number of epoxide rings is 4. The van der Waals surface area contributed by atoms with E-state index in [-0.39, 0.29) is 64.3 Å². The van der Waals surface area contributed by atoms with Gasteiger partial charge in [-0.2, -0.15) is 0 Å². The summed E-state index contributed by atoms with van der Waals surface area (Å²) in [7, 11) is 3.41. The molecule has 8 aliphatic heterocycles. The Morgan fingerprint density at radius 2 is 1.20 bits per heavy atom. The molecule has 17 heteroatoms. The number of carbonyl (C=O) groups is 2. The molecule has 0 radical (unpaired) electrons. The van der Waals surface area contributed by atoms with Gasteiger partial charge < -0.3 is 57.6 Å². The molecule has 424 valence electrons. The number of nitrogens with one attached hydrogen (secondary N) is 1. The number of rotatable bonds is 13.